The first-order valence-corrected chi connectivity index (χ1v) is 25.1. The fourth-order valence-electron chi connectivity index (χ4n) is 12.6. The molecule has 4 bridgehead atoms. The SMILES string of the molecule is [2H]c1c([2H])c([2H])c(-c2ccc3c(c2)c2ccc(Oc4[c-]c(N5[CH-]N(c6ccc7c(c6)C6c8ccccc8C7C7c8ccccc8C6c6ccccc67)c6ccccc65)ccc4)[c-]c2n3-c2cc(C(C)(C)C)ccn2)c([2H])c1[2H].[Pt]. The van der Waals surface area contributed by atoms with Crippen molar-refractivity contribution in [2.75, 3.05) is 9.80 Å². The van der Waals surface area contributed by atoms with Crippen LogP contribution in [0, 0.1) is 18.8 Å². The van der Waals surface area contributed by atoms with Crippen LogP contribution in [-0.4, -0.2) is 9.55 Å². The van der Waals surface area contributed by atoms with Crippen molar-refractivity contribution in [3.8, 4) is 28.4 Å². The van der Waals surface area contributed by atoms with Gasteiger partial charge in [0, 0.05) is 85.0 Å². The Morgan fingerprint density at radius 3 is 1.77 bits per heavy atom. The number of rotatable bonds is 6. The fourth-order valence-corrected chi connectivity index (χ4v) is 12.6. The standard InChI is InChI=1S/C68H49N4O.Pt/c1-68(2,3)44-34-35-69-63(37-44)72-59-33-28-43(42-16-5-4-6-17-42)36-57(59)49-32-30-48(40-62(49)72)73-47-19-15-18-45(38-47)70-41-71(61-27-14-13-26-60(61)70)46-29-31-56-58(39-46)67-55-25-12-11-24-54(55)66(56)64-50-20-7-9-22-52(50)65(67)53-23-10-8-21-51(53)64;/h4-37,39,41,64-67H,1-3H3;/q-3;/i4D,5D,6D,16D,17D;. The van der Waals surface area contributed by atoms with Crippen LogP contribution < -0.4 is 14.5 Å². The Kier molecular flexibility index (Phi) is 9.11. The van der Waals surface area contributed by atoms with Gasteiger partial charge in [0.1, 0.15) is 5.82 Å². The minimum atomic E-state index is -0.425. The molecule has 360 valence electrons. The summed E-state index contributed by atoms with van der Waals surface area (Å²) in [5, 5.41) is 1.65. The Balaban J connectivity index is 0.00000564. The zero-order chi connectivity index (χ0) is 52.9. The van der Waals surface area contributed by atoms with Crippen LogP contribution in [0.15, 0.2) is 212 Å². The van der Waals surface area contributed by atoms with Gasteiger partial charge >= 0.3 is 0 Å². The molecule has 9 aromatic carbocycles. The van der Waals surface area contributed by atoms with Gasteiger partial charge in [0.25, 0.3) is 0 Å². The minimum Gasteiger partial charge on any atom is -0.509 e. The van der Waals surface area contributed by atoms with Gasteiger partial charge in [-0.15, -0.1) is 48.1 Å². The van der Waals surface area contributed by atoms with E-state index in [1.165, 1.54) is 44.5 Å². The van der Waals surface area contributed by atoms with E-state index in [0.717, 1.165) is 44.6 Å². The summed E-state index contributed by atoms with van der Waals surface area (Å²) in [5.74, 6) is 2.35. The number of hydrogen-bond acceptors (Lipinski definition) is 4. The van der Waals surface area contributed by atoms with Crippen LogP contribution in [-0.2, 0) is 26.5 Å². The molecule has 3 heterocycles. The summed E-state index contributed by atoms with van der Waals surface area (Å²) in [6.45, 7) is 8.68. The molecular formula is C68H49N4OPt-3. The Hall–Kier alpha value is -7.98. The number of fused-ring (bicyclic) bond motifs is 4. The van der Waals surface area contributed by atoms with Crippen LogP contribution >= 0.6 is 0 Å². The molecule has 0 amide bonds. The first kappa shape index (κ1) is 39.5. The van der Waals surface area contributed by atoms with E-state index in [1.807, 2.05) is 54.7 Å². The minimum absolute atomic E-state index is 0. The molecule has 5 nitrogen and oxygen atoms in total. The predicted octanol–water partition coefficient (Wildman–Crippen LogP) is 16.8. The van der Waals surface area contributed by atoms with Crippen LogP contribution in [0.2, 0.25) is 0 Å². The van der Waals surface area contributed by atoms with E-state index < -0.39 is 6.04 Å². The van der Waals surface area contributed by atoms with Gasteiger partial charge < -0.3 is 19.1 Å². The van der Waals surface area contributed by atoms with Crippen molar-refractivity contribution in [1.82, 2.24) is 9.55 Å². The van der Waals surface area contributed by atoms with Gasteiger partial charge in [0.15, 0.2) is 0 Å². The van der Waals surface area contributed by atoms with E-state index >= 15 is 0 Å². The summed E-state index contributed by atoms with van der Waals surface area (Å²) in [5.41, 5.74) is 18.6. The third-order valence-electron chi connectivity index (χ3n) is 15.8. The van der Waals surface area contributed by atoms with Crippen LogP contribution in [0.5, 0.6) is 11.5 Å². The Bertz CT molecular complexity index is 4280. The normalized spacial score (nSPS) is 18.7. The molecule has 2 aromatic heterocycles. The van der Waals surface area contributed by atoms with E-state index in [0.29, 0.717) is 28.4 Å². The summed E-state index contributed by atoms with van der Waals surface area (Å²) in [4.78, 5) is 9.37. The van der Waals surface area contributed by atoms with E-state index in [4.69, 9.17) is 16.6 Å². The number of ether oxygens (including phenoxy) is 1. The number of anilines is 4. The van der Waals surface area contributed by atoms with Crippen molar-refractivity contribution < 1.29 is 32.7 Å². The van der Waals surface area contributed by atoms with E-state index in [9.17, 15) is 0 Å². The van der Waals surface area contributed by atoms with Gasteiger partial charge in [-0.25, -0.2) is 4.98 Å². The molecule has 2 atom stereocenters. The molecule has 2 unspecified atom stereocenters. The molecule has 0 radical (unpaired) electrons. The second kappa shape index (κ2) is 17.0. The summed E-state index contributed by atoms with van der Waals surface area (Å²) >= 11 is 0. The number of nitrogens with zero attached hydrogens (tertiary/aromatic N) is 4. The van der Waals surface area contributed by atoms with Gasteiger partial charge in [-0.05, 0) is 114 Å². The number of benzene rings is 9. The topological polar surface area (TPSA) is 33.5 Å². The maximum absolute atomic E-state index is 8.76. The molecule has 6 aliphatic carbocycles. The molecule has 7 aliphatic rings. The maximum Gasteiger partial charge on any atom is 0.135 e. The Morgan fingerprint density at radius 1 is 0.527 bits per heavy atom. The summed E-state index contributed by atoms with van der Waals surface area (Å²) < 4.78 is 51.3. The Labute approximate surface area is 453 Å². The molecule has 0 saturated heterocycles. The number of para-hydroxylation sites is 2. The zero-order valence-electron chi connectivity index (χ0n) is 45.7. The first-order chi connectivity index (χ1) is 37.9. The molecule has 0 N–H and O–H groups in total. The van der Waals surface area contributed by atoms with Crippen LogP contribution in [0.4, 0.5) is 22.7 Å². The van der Waals surface area contributed by atoms with Crippen molar-refractivity contribution in [2.24, 2.45) is 0 Å². The monoisotopic (exact) mass is 1140 g/mol. The molecular weight excluding hydrogens is 1080 g/mol. The molecule has 11 aromatic rings. The van der Waals surface area contributed by atoms with E-state index in [1.54, 1.807) is 0 Å². The van der Waals surface area contributed by atoms with E-state index in [-0.39, 0.29) is 79.9 Å². The third-order valence-corrected chi connectivity index (χ3v) is 15.8. The van der Waals surface area contributed by atoms with Gasteiger partial charge in [-0.1, -0.05) is 160 Å². The molecule has 74 heavy (non-hydrogen) atoms. The van der Waals surface area contributed by atoms with Crippen LogP contribution in [0.25, 0.3) is 38.8 Å². The summed E-state index contributed by atoms with van der Waals surface area (Å²) in [7, 11) is 0. The first-order valence-electron chi connectivity index (χ1n) is 27.6. The molecule has 0 saturated carbocycles. The van der Waals surface area contributed by atoms with Crippen molar-refractivity contribution in [3.05, 3.63) is 281 Å². The molecule has 18 rings (SSSR count). The van der Waals surface area contributed by atoms with Gasteiger partial charge in [-0.3, -0.25) is 0 Å². The largest absolute Gasteiger partial charge is 0.509 e. The Morgan fingerprint density at radius 2 is 1.12 bits per heavy atom. The zero-order valence-corrected chi connectivity index (χ0v) is 43.0. The third kappa shape index (κ3) is 6.82. The average molecular weight is 1140 g/mol. The molecule has 0 fully saturated rings. The fraction of sp³-hybridized carbons (Fsp3) is 0.118. The number of aromatic nitrogens is 2. The van der Waals surface area contributed by atoms with Gasteiger partial charge in [0.05, 0.1) is 6.85 Å². The van der Waals surface area contributed by atoms with Crippen molar-refractivity contribution in [1.29, 1.82) is 0 Å². The summed E-state index contributed by atoms with van der Waals surface area (Å²) in [6, 6.07) is 68.3. The molecule has 6 heteroatoms. The predicted molar refractivity (Wildman–Crippen MR) is 295 cm³/mol. The molecule has 0 spiro atoms. The summed E-state index contributed by atoms with van der Waals surface area (Å²) in [6.07, 6.45) is 1.82. The molecule has 1 aliphatic heterocycles. The second-order valence-electron chi connectivity index (χ2n) is 20.8. The quantitative estimate of drug-likeness (QED) is 0.155. The van der Waals surface area contributed by atoms with Crippen LogP contribution in [0.1, 0.15) is 101 Å². The number of pyridine rings is 1. The second-order valence-corrected chi connectivity index (χ2v) is 20.8. The van der Waals surface area contributed by atoms with Crippen LogP contribution in [0.3, 0.4) is 0 Å². The van der Waals surface area contributed by atoms with Gasteiger partial charge in [-0.2, -0.15) is 12.1 Å². The van der Waals surface area contributed by atoms with Crippen molar-refractivity contribution in [3.63, 3.8) is 0 Å². The van der Waals surface area contributed by atoms with Crippen molar-refractivity contribution >= 4 is 44.6 Å². The maximum atomic E-state index is 8.76. The van der Waals surface area contributed by atoms with Crippen molar-refractivity contribution in [2.45, 2.75) is 49.9 Å². The smallest absolute Gasteiger partial charge is 0.135 e. The van der Waals surface area contributed by atoms with E-state index in [2.05, 4.69) is 181 Å². The van der Waals surface area contributed by atoms with Gasteiger partial charge in [0.2, 0.25) is 0 Å². The average Bonchev–Trinajstić information content (AvgIpc) is 4.06. The number of hydrogen-bond donors (Lipinski definition) is 0.